The lowest BCUT2D eigenvalue weighted by molar-refractivity contribution is -0.138. The van der Waals surface area contributed by atoms with Crippen molar-refractivity contribution in [3.63, 3.8) is 0 Å². The number of nitrogens with zero attached hydrogens (tertiary/aromatic N) is 1. The Balaban J connectivity index is 2.11. The van der Waals surface area contributed by atoms with E-state index in [2.05, 4.69) is 0 Å². The maximum atomic E-state index is 13.8. The number of hydrogen-bond acceptors (Lipinski definition) is 3. The number of ether oxygens (including phenoxy) is 1. The molecule has 2 atom stereocenters. The third-order valence-electron chi connectivity index (χ3n) is 3.98. The largest absolute Gasteiger partial charge is 0.347 e. The smallest absolute Gasteiger partial charge is 0.235 e. The first-order valence-electron chi connectivity index (χ1n) is 7.22. The molecule has 3 rings (SSSR count). The number of ketones is 1. The van der Waals surface area contributed by atoms with Crippen LogP contribution in [-0.4, -0.2) is 24.0 Å². The molecule has 5 heteroatoms. The van der Waals surface area contributed by atoms with Crippen molar-refractivity contribution in [1.82, 2.24) is 0 Å². The Morgan fingerprint density at radius 3 is 2.68 bits per heavy atom. The summed E-state index contributed by atoms with van der Waals surface area (Å²) >= 11 is 0. The summed E-state index contributed by atoms with van der Waals surface area (Å²) in [4.78, 5) is 25.6. The van der Waals surface area contributed by atoms with Crippen LogP contribution in [0.3, 0.4) is 0 Å². The van der Waals surface area contributed by atoms with Gasteiger partial charge in [-0.2, -0.15) is 0 Å². The van der Waals surface area contributed by atoms with E-state index >= 15 is 0 Å². The molecule has 1 aliphatic heterocycles. The maximum absolute atomic E-state index is 13.8. The third-order valence-corrected chi connectivity index (χ3v) is 3.98. The Morgan fingerprint density at radius 2 is 2.05 bits per heavy atom. The Morgan fingerprint density at radius 1 is 1.32 bits per heavy atom. The van der Waals surface area contributed by atoms with E-state index < -0.39 is 17.3 Å². The molecule has 114 valence electrons. The van der Waals surface area contributed by atoms with E-state index in [9.17, 15) is 14.0 Å². The van der Waals surface area contributed by atoms with Gasteiger partial charge in [0.05, 0.1) is 12.5 Å². The molecule has 0 saturated carbocycles. The fraction of sp³-hybridized carbons (Fsp3) is 0.294. The highest BCUT2D eigenvalue weighted by Gasteiger charge is 2.47. The van der Waals surface area contributed by atoms with E-state index in [0.717, 1.165) is 12.2 Å². The van der Waals surface area contributed by atoms with Gasteiger partial charge in [-0.3, -0.25) is 14.5 Å². The number of carbonyl (C=O) groups is 2. The lowest BCUT2D eigenvalue weighted by Gasteiger charge is -2.46. The van der Waals surface area contributed by atoms with Gasteiger partial charge in [-0.05, 0) is 30.7 Å². The number of rotatable bonds is 2. The first-order chi connectivity index (χ1) is 10.6. The molecule has 0 radical (unpaired) electrons. The van der Waals surface area contributed by atoms with Crippen molar-refractivity contribution in [3.05, 3.63) is 54.4 Å². The fourth-order valence-electron chi connectivity index (χ4n) is 2.73. The zero-order chi connectivity index (χ0) is 15.7. The molecule has 0 aromatic heterocycles. The van der Waals surface area contributed by atoms with Gasteiger partial charge in [0.2, 0.25) is 11.7 Å². The summed E-state index contributed by atoms with van der Waals surface area (Å²) in [7, 11) is 0. The van der Waals surface area contributed by atoms with Gasteiger partial charge in [-0.1, -0.05) is 25.1 Å². The number of anilines is 1. The monoisotopic (exact) mass is 301 g/mol. The average molecular weight is 301 g/mol. The zero-order valence-corrected chi connectivity index (χ0v) is 12.2. The molecule has 2 aliphatic rings. The highest BCUT2D eigenvalue weighted by atomic mass is 19.1. The van der Waals surface area contributed by atoms with E-state index in [1.807, 2.05) is 13.0 Å². The first-order valence-corrected chi connectivity index (χ1v) is 7.22. The number of benzene rings is 1. The van der Waals surface area contributed by atoms with Crippen LogP contribution in [0.1, 0.15) is 13.3 Å². The van der Waals surface area contributed by atoms with Crippen molar-refractivity contribution >= 4 is 17.4 Å². The van der Waals surface area contributed by atoms with Gasteiger partial charge in [-0.25, -0.2) is 4.39 Å². The molecule has 1 aliphatic carbocycles. The molecular weight excluding hydrogens is 285 g/mol. The molecule has 1 aromatic carbocycles. The van der Waals surface area contributed by atoms with Crippen LogP contribution in [0.15, 0.2) is 54.4 Å². The first kappa shape index (κ1) is 14.7. The van der Waals surface area contributed by atoms with Crippen molar-refractivity contribution in [3.8, 4) is 0 Å². The fourth-order valence-corrected chi connectivity index (χ4v) is 2.73. The summed E-state index contributed by atoms with van der Waals surface area (Å²) in [6.07, 6.45) is 4.26. The summed E-state index contributed by atoms with van der Waals surface area (Å²) in [5, 5.41) is 0. The van der Waals surface area contributed by atoms with Crippen LogP contribution in [0.25, 0.3) is 0 Å². The standard InChI is InChI=1S/C17H16FNO3/c1-2-12-11-22-17(9-8-15(20)14(18)10-17)19(16(12)21)13-6-4-3-5-7-13/h3-10,12H,2,11H2,1H3. The molecule has 1 aromatic rings. The highest BCUT2D eigenvalue weighted by molar-refractivity contribution is 6.05. The second-order valence-electron chi connectivity index (χ2n) is 5.37. The normalized spacial score (nSPS) is 28.2. The van der Waals surface area contributed by atoms with Crippen LogP contribution in [0, 0.1) is 5.92 Å². The Hall–Kier alpha value is -2.27. The Bertz CT molecular complexity index is 668. The van der Waals surface area contributed by atoms with Crippen LogP contribution in [-0.2, 0) is 14.3 Å². The van der Waals surface area contributed by atoms with Crippen LogP contribution in [0.2, 0.25) is 0 Å². The number of para-hydroxylation sites is 1. The second-order valence-corrected chi connectivity index (χ2v) is 5.37. The number of allylic oxidation sites excluding steroid dienone is 2. The lowest BCUT2D eigenvalue weighted by atomic mass is 9.95. The van der Waals surface area contributed by atoms with Crippen LogP contribution >= 0.6 is 0 Å². The van der Waals surface area contributed by atoms with Crippen molar-refractivity contribution in [2.24, 2.45) is 5.92 Å². The molecule has 1 heterocycles. The van der Waals surface area contributed by atoms with Crippen molar-refractivity contribution < 1.29 is 18.7 Å². The van der Waals surface area contributed by atoms with Crippen molar-refractivity contribution in [2.45, 2.75) is 19.1 Å². The van der Waals surface area contributed by atoms with Crippen molar-refractivity contribution in [2.75, 3.05) is 11.5 Å². The summed E-state index contributed by atoms with van der Waals surface area (Å²) < 4.78 is 19.7. The quantitative estimate of drug-likeness (QED) is 0.844. The van der Waals surface area contributed by atoms with Crippen LogP contribution in [0.5, 0.6) is 0 Å². The maximum Gasteiger partial charge on any atom is 0.235 e. The van der Waals surface area contributed by atoms with Gasteiger partial charge in [-0.15, -0.1) is 0 Å². The Kier molecular flexibility index (Phi) is 3.66. The summed E-state index contributed by atoms with van der Waals surface area (Å²) in [6, 6.07) is 8.95. The second kappa shape index (κ2) is 5.50. The molecule has 2 unspecified atom stereocenters. The predicted octanol–water partition coefficient (Wildman–Crippen LogP) is 2.76. The van der Waals surface area contributed by atoms with E-state index in [1.54, 1.807) is 24.3 Å². The molecule has 22 heavy (non-hydrogen) atoms. The molecule has 4 nitrogen and oxygen atoms in total. The molecule has 1 spiro atoms. The average Bonchev–Trinajstić information content (AvgIpc) is 2.53. The minimum Gasteiger partial charge on any atom is -0.347 e. The molecular formula is C17H16FNO3. The minimum atomic E-state index is -1.37. The molecule has 0 bridgehead atoms. The molecule has 0 N–H and O–H groups in total. The van der Waals surface area contributed by atoms with Crippen molar-refractivity contribution in [1.29, 1.82) is 0 Å². The molecule has 1 amide bonds. The van der Waals surface area contributed by atoms with Gasteiger partial charge < -0.3 is 4.74 Å². The van der Waals surface area contributed by atoms with Crippen LogP contribution < -0.4 is 4.90 Å². The third kappa shape index (κ3) is 2.27. The summed E-state index contributed by atoms with van der Waals surface area (Å²) in [6.45, 7) is 2.10. The minimum absolute atomic E-state index is 0.136. The summed E-state index contributed by atoms with van der Waals surface area (Å²) in [5.41, 5.74) is -0.768. The van der Waals surface area contributed by atoms with Gasteiger partial charge >= 0.3 is 0 Å². The van der Waals surface area contributed by atoms with Gasteiger partial charge in [0.1, 0.15) is 0 Å². The topological polar surface area (TPSA) is 46.6 Å². The van der Waals surface area contributed by atoms with Gasteiger partial charge in [0, 0.05) is 11.8 Å². The van der Waals surface area contributed by atoms with Crippen LogP contribution in [0.4, 0.5) is 10.1 Å². The van der Waals surface area contributed by atoms with Gasteiger partial charge in [0.25, 0.3) is 0 Å². The number of halogens is 1. The highest BCUT2D eigenvalue weighted by Crippen LogP contribution is 2.37. The van der Waals surface area contributed by atoms with E-state index in [1.165, 1.54) is 11.0 Å². The van der Waals surface area contributed by atoms with E-state index in [4.69, 9.17) is 4.74 Å². The number of amides is 1. The zero-order valence-electron chi connectivity index (χ0n) is 12.2. The van der Waals surface area contributed by atoms with Gasteiger partial charge in [0.15, 0.2) is 11.6 Å². The summed E-state index contributed by atoms with van der Waals surface area (Å²) in [5.74, 6) is -2.05. The molecule has 1 fully saturated rings. The number of hydrogen-bond donors (Lipinski definition) is 0. The predicted molar refractivity (Wildman–Crippen MR) is 79.7 cm³/mol. The lowest BCUT2D eigenvalue weighted by Crippen LogP contribution is -2.59. The SMILES string of the molecule is CCC1COC2(C=CC(=O)C(F)=C2)N(c2ccccc2)C1=O. The van der Waals surface area contributed by atoms with E-state index in [0.29, 0.717) is 12.1 Å². The van der Waals surface area contributed by atoms with E-state index in [-0.39, 0.29) is 18.4 Å². The molecule has 1 saturated heterocycles. The number of carbonyl (C=O) groups excluding carboxylic acids is 2. The Labute approximate surface area is 127 Å².